The van der Waals surface area contributed by atoms with Crippen LogP contribution in [0.4, 0.5) is 17.2 Å². The molecule has 0 bridgehead atoms. The number of carbonyl (C=O) groups is 2. The zero-order chi connectivity index (χ0) is 23.8. The Labute approximate surface area is 192 Å². The number of nitrogens with one attached hydrogen (secondary N) is 2. The van der Waals surface area contributed by atoms with Gasteiger partial charge in [-0.2, -0.15) is 0 Å². The van der Waals surface area contributed by atoms with Crippen molar-refractivity contribution in [3.8, 4) is 11.5 Å². The highest BCUT2D eigenvalue weighted by atomic mass is 16.5. The van der Waals surface area contributed by atoms with E-state index in [1.165, 1.54) is 0 Å². The van der Waals surface area contributed by atoms with Crippen LogP contribution in [-0.2, 0) is 0 Å². The molecule has 0 spiro atoms. The Kier molecular flexibility index (Phi) is 7.80. The first-order chi connectivity index (χ1) is 15.9. The predicted molar refractivity (Wildman–Crippen MR) is 127 cm³/mol. The molecule has 1 heterocycles. The van der Waals surface area contributed by atoms with Gasteiger partial charge >= 0.3 is 0 Å². The molecule has 0 aliphatic heterocycles. The van der Waals surface area contributed by atoms with Crippen LogP contribution in [0.1, 0.15) is 34.7 Å². The number of ether oxygens (including phenoxy) is 2. The van der Waals surface area contributed by atoms with Gasteiger partial charge in [-0.3, -0.25) is 9.59 Å². The van der Waals surface area contributed by atoms with Crippen LogP contribution in [0, 0.1) is 0 Å². The summed E-state index contributed by atoms with van der Waals surface area (Å²) in [5.74, 6) is 0.688. The largest absolute Gasteiger partial charge is 0.492 e. The van der Waals surface area contributed by atoms with Crippen LogP contribution in [0.5, 0.6) is 11.5 Å². The first-order valence-corrected chi connectivity index (χ1v) is 10.5. The quantitative estimate of drug-likeness (QED) is 0.511. The summed E-state index contributed by atoms with van der Waals surface area (Å²) in [6, 6.07) is 15.4. The molecule has 1 aromatic heterocycles. The second kappa shape index (κ2) is 10.9. The Morgan fingerprint density at radius 2 is 1.39 bits per heavy atom. The zero-order valence-electron chi connectivity index (χ0n) is 19.1. The van der Waals surface area contributed by atoms with Crippen molar-refractivity contribution in [2.75, 3.05) is 42.8 Å². The smallest absolute Gasteiger partial charge is 0.276 e. The molecule has 0 saturated carbocycles. The van der Waals surface area contributed by atoms with Gasteiger partial charge < -0.3 is 25.0 Å². The number of amides is 2. The Hall–Kier alpha value is -4.14. The van der Waals surface area contributed by atoms with E-state index in [1.54, 1.807) is 53.4 Å². The van der Waals surface area contributed by atoms with Gasteiger partial charge in [0, 0.05) is 31.8 Å². The minimum absolute atomic E-state index is 0.155. The maximum Gasteiger partial charge on any atom is 0.276 e. The second-order valence-electron chi connectivity index (χ2n) is 7.16. The fourth-order valence-electron chi connectivity index (χ4n) is 2.96. The van der Waals surface area contributed by atoms with Crippen molar-refractivity contribution < 1.29 is 19.1 Å². The van der Waals surface area contributed by atoms with E-state index in [-0.39, 0.29) is 11.6 Å². The van der Waals surface area contributed by atoms with Crippen molar-refractivity contribution in [3.05, 3.63) is 65.9 Å². The summed E-state index contributed by atoms with van der Waals surface area (Å²) in [4.78, 5) is 27.2. The third kappa shape index (κ3) is 5.97. The molecular formula is C24H27N5O4. The molecule has 172 valence electrons. The number of hydrogen-bond donors (Lipinski definition) is 2. The van der Waals surface area contributed by atoms with Crippen LogP contribution in [0.2, 0.25) is 0 Å². The lowest BCUT2D eigenvalue weighted by Crippen LogP contribution is -2.18. The topological polar surface area (TPSA) is 106 Å². The van der Waals surface area contributed by atoms with E-state index in [9.17, 15) is 9.59 Å². The molecule has 9 nitrogen and oxygen atoms in total. The fourth-order valence-corrected chi connectivity index (χ4v) is 2.96. The Balaban J connectivity index is 1.89. The lowest BCUT2D eigenvalue weighted by molar-refractivity contribution is 0.101. The minimum Gasteiger partial charge on any atom is -0.492 e. The maximum atomic E-state index is 12.8. The zero-order valence-corrected chi connectivity index (χ0v) is 19.1. The van der Waals surface area contributed by atoms with Crippen molar-refractivity contribution in [1.82, 2.24) is 10.2 Å². The molecule has 0 fully saturated rings. The first kappa shape index (κ1) is 23.5. The van der Waals surface area contributed by atoms with E-state index in [0.29, 0.717) is 47.5 Å². The summed E-state index contributed by atoms with van der Waals surface area (Å²) in [7, 11) is 3.68. The van der Waals surface area contributed by atoms with Crippen LogP contribution < -0.4 is 25.0 Å². The van der Waals surface area contributed by atoms with E-state index in [1.807, 2.05) is 34.0 Å². The molecular weight excluding hydrogens is 422 g/mol. The highest BCUT2D eigenvalue weighted by Gasteiger charge is 2.18. The standard InChI is InChI=1S/C24H27N5O4/c1-5-32-20-15-19(26-24(31)17-12-13-22(28-27-17)29(3)4)21(33-6-2)14-18(20)25-23(30)16-10-8-7-9-11-16/h7-15H,5-6H2,1-4H3,(H,25,30)(H,26,31). The average Bonchev–Trinajstić information content (AvgIpc) is 2.82. The maximum absolute atomic E-state index is 12.8. The summed E-state index contributed by atoms with van der Waals surface area (Å²) >= 11 is 0. The second-order valence-corrected chi connectivity index (χ2v) is 7.16. The molecule has 2 aromatic carbocycles. The van der Waals surface area contributed by atoms with Crippen molar-refractivity contribution in [1.29, 1.82) is 0 Å². The summed E-state index contributed by atoms with van der Waals surface area (Å²) in [5.41, 5.74) is 1.49. The van der Waals surface area contributed by atoms with Crippen molar-refractivity contribution in [2.45, 2.75) is 13.8 Å². The van der Waals surface area contributed by atoms with Gasteiger partial charge in [0.1, 0.15) is 11.5 Å². The molecule has 0 aliphatic carbocycles. The van der Waals surface area contributed by atoms with Gasteiger partial charge in [-0.25, -0.2) is 0 Å². The van der Waals surface area contributed by atoms with E-state index >= 15 is 0 Å². The predicted octanol–water partition coefficient (Wildman–Crippen LogP) is 3.84. The lowest BCUT2D eigenvalue weighted by Gasteiger charge is -2.18. The molecule has 0 unspecified atom stereocenters. The fraction of sp³-hybridized carbons (Fsp3) is 0.250. The number of aromatic nitrogens is 2. The molecule has 0 saturated heterocycles. The van der Waals surface area contributed by atoms with E-state index in [0.717, 1.165) is 0 Å². The molecule has 9 heteroatoms. The lowest BCUT2D eigenvalue weighted by atomic mass is 10.2. The van der Waals surface area contributed by atoms with Crippen LogP contribution in [0.25, 0.3) is 0 Å². The molecule has 0 atom stereocenters. The molecule has 3 rings (SSSR count). The van der Waals surface area contributed by atoms with Crippen molar-refractivity contribution in [3.63, 3.8) is 0 Å². The molecule has 33 heavy (non-hydrogen) atoms. The number of nitrogens with zero attached hydrogens (tertiary/aromatic N) is 3. The van der Waals surface area contributed by atoms with Crippen molar-refractivity contribution >= 4 is 29.0 Å². The van der Waals surface area contributed by atoms with Crippen molar-refractivity contribution in [2.24, 2.45) is 0 Å². The number of carbonyl (C=O) groups excluding carboxylic acids is 2. The third-order valence-corrected chi connectivity index (χ3v) is 4.56. The number of benzene rings is 2. The highest BCUT2D eigenvalue weighted by Crippen LogP contribution is 2.37. The van der Waals surface area contributed by atoms with Gasteiger partial charge in [0.15, 0.2) is 11.5 Å². The van der Waals surface area contributed by atoms with Gasteiger partial charge in [0.25, 0.3) is 11.8 Å². The Morgan fingerprint density at radius 1 is 0.818 bits per heavy atom. The Morgan fingerprint density at radius 3 is 1.88 bits per heavy atom. The summed E-state index contributed by atoms with van der Waals surface area (Å²) in [6.07, 6.45) is 0. The molecule has 2 N–H and O–H groups in total. The summed E-state index contributed by atoms with van der Waals surface area (Å²) in [5, 5.41) is 13.7. The molecule has 0 radical (unpaired) electrons. The highest BCUT2D eigenvalue weighted by molar-refractivity contribution is 6.07. The van der Waals surface area contributed by atoms with E-state index < -0.39 is 5.91 Å². The van der Waals surface area contributed by atoms with E-state index in [2.05, 4.69) is 20.8 Å². The molecule has 0 aliphatic rings. The van der Waals surface area contributed by atoms with Crippen LogP contribution >= 0.6 is 0 Å². The molecule has 2 amide bonds. The van der Waals surface area contributed by atoms with E-state index in [4.69, 9.17) is 9.47 Å². The van der Waals surface area contributed by atoms with Gasteiger partial charge in [-0.15, -0.1) is 10.2 Å². The van der Waals surface area contributed by atoms with Crippen LogP contribution in [0.15, 0.2) is 54.6 Å². The first-order valence-electron chi connectivity index (χ1n) is 10.5. The monoisotopic (exact) mass is 449 g/mol. The van der Waals surface area contributed by atoms with Gasteiger partial charge in [-0.1, -0.05) is 18.2 Å². The van der Waals surface area contributed by atoms with Crippen LogP contribution in [-0.4, -0.2) is 49.3 Å². The van der Waals surface area contributed by atoms with Gasteiger partial charge in [-0.05, 0) is 38.1 Å². The molecule has 3 aromatic rings. The number of hydrogen-bond acceptors (Lipinski definition) is 7. The SMILES string of the molecule is CCOc1cc(NC(=O)c2ccc(N(C)C)nn2)c(OCC)cc1NC(=O)c1ccccc1. The van der Waals surface area contributed by atoms with Gasteiger partial charge in [0.2, 0.25) is 0 Å². The third-order valence-electron chi connectivity index (χ3n) is 4.56. The number of rotatable bonds is 9. The number of anilines is 3. The Bertz CT molecular complexity index is 1100. The van der Waals surface area contributed by atoms with Gasteiger partial charge in [0.05, 0.1) is 24.6 Å². The minimum atomic E-state index is -0.447. The normalized spacial score (nSPS) is 10.3. The summed E-state index contributed by atoms with van der Waals surface area (Å²) < 4.78 is 11.4. The average molecular weight is 450 g/mol. The summed E-state index contributed by atoms with van der Waals surface area (Å²) in [6.45, 7) is 4.39. The van der Waals surface area contributed by atoms with Crippen LogP contribution in [0.3, 0.4) is 0 Å².